The third-order valence-corrected chi connectivity index (χ3v) is 1.55. The first-order valence-corrected chi connectivity index (χ1v) is 3.85. The summed E-state index contributed by atoms with van der Waals surface area (Å²) in [5.74, 6) is -0.732. The van der Waals surface area contributed by atoms with Crippen LogP contribution in [0.25, 0.3) is 0 Å². The lowest BCUT2D eigenvalue weighted by molar-refractivity contribution is -0.139. The summed E-state index contributed by atoms with van der Waals surface area (Å²) in [6.07, 6.45) is 0. The number of nitrogens with one attached hydrogen (secondary N) is 1. The molecule has 14 heavy (non-hydrogen) atoms. The largest absolute Gasteiger partial charge is 0.480 e. The number of methoxy groups -OCH3 is 1. The van der Waals surface area contributed by atoms with Crippen molar-refractivity contribution in [3.63, 3.8) is 0 Å². The summed E-state index contributed by atoms with van der Waals surface area (Å²) in [5, 5.41) is 21.9. The smallest absolute Gasteiger partial charge is 0.328 e. The van der Waals surface area contributed by atoms with Gasteiger partial charge in [-0.25, -0.2) is 9.48 Å². The molecule has 1 aromatic rings. The number of aryl methyl sites for hydroxylation is 1. The first kappa shape index (κ1) is 10.4. The van der Waals surface area contributed by atoms with Crippen LogP contribution in [-0.4, -0.2) is 51.0 Å². The Balaban J connectivity index is 2.64. The summed E-state index contributed by atoms with van der Waals surface area (Å²) in [6.45, 7) is 0.0438. The van der Waals surface area contributed by atoms with Gasteiger partial charge in [0.05, 0.1) is 6.61 Å². The molecule has 0 bridgehead atoms. The normalized spacial score (nSPS) is 12.4. The molecule has 0 saturated carbocycles. The third-order valence-electron chi connectivity index (χ3n) is 1.55. The van der Waals surface area contributed by atoms with Crippen molar-refractivity contribution in [2.45, 2.75) is 6.04 Å². The highest BCUT2D eigenvalue weighted by atomic mass is 16.5. The van der Waals surface area contributed by atoms with Crippen molar-refractivity contribution in [3.05, 3.63) is 0 Å². The quantitative estimate of drug-likeness (QED) is 0.611. The second kappa shape index (κ2) is 4.51. The van der Waals surface area contributed by atoms with Gasteiger partial charge in [0, 0.05) is 14.2 Å². The van der Waals surface area contributed by atoms with E-state index in [1.165, 1.54) is 11.8 Å². The van der Waals surface area contributed by atoms with Gasteiger partial charge in [0.2, 0.25) is 5.95 Å². The van der Waals surface area contributed by atoms with Gasteiger partial charge in [-0.3, -0.25) is 0 Å². The molecule has 0 aliphatic carbocycles. The Morgan fingerprint density at radius 3 is 2.93 bits per heavy atom. The molecule has 1 aromatic heterocycles. The number of rotatable bonds is 5. The molecular formula is C6H11N5O3. The standard InChI is InChI=1S/C6H11N5O3/c1-11-6(8-9-10-11)7-4(3-14-2)5(12)13/h4H,3H2,1-2H3,(H,12,13)(H,7,8,10). The van der Waals surface area contributed by atoms with Crippen molar-refractivity contribution in [1.29, 1.82) is 0 Å². The number of anilines is 1. The van der Waals surface area contributed by atoms with Crippen molar-refractivity contribution >= 4 is 11.9 Å². The Morgan fingerprint density at radius 1 is 1.79 bits per heavy atom. The number of ether oxygens (including phenoxy) is 1. The van der Waals surface area contributed by atoms with Gasteiger partial charge in [-0.1, -0.05) is 5.10 Å². The van der Waals surface area contributed by atoms with E-state index in [2.05, 4.69) is 20.8 Å². The first-order chi connectivity index (χ1) is 6.65. The van der Waals surface area contributed by atoms with Crippen LogP contribution >= 0.6 is 0 Å². The number of carbonyl (C=O) groups is 1. The molecule has 0 aromatic carbocycles. The van der Waals surface area contributed by atoms with Crippen molar-refractivity contribution in [1.82, 2.24) is 20.2 Å². The van der Waals surface area contributed by atoms with Gasteiger partial charge in [-0.05, 0) is 10.4 Å². The van der Waals surface area contributed by atoms with Crippen LogP contribution in [0.1, 0.15) is 0 Å². The van der Waals surface area contributed by atoms with E-state index in [0.717, 1.165) is 0 Å². The molecule has 1 heterocycles. The molecule has 0 aliphatic rings. The van der Waals surface area contributed by atoms with E-state index in [4.69, 9.17) is 9.84 Å². The summed E-state index contributed by atoms with van der Waals surface area (Å²) in [6, 6.07) is -0.857. The number of hydrogen-bond acceptors (Lipinski definition) is 6. The number of aliphatic carboxylic acids is 1. The highest BCUT2D eigenvalue weighted by Crippen LogP contribution is 2.00. The maximum atomic E-state index is 10.7. The van der Waals surface area contributed by atoms with E-state index in [0.29, 0.717) is 0 Å². The molecule has 0 spiro atoms. The number of hydrogen-bond donors (Lipinski definition) is 2. The number of carboxylic acid groups (broad SMARTS) is 1. The minimum absolute atomic E-state index is 0.0438. The minimum atomic E-state index is -1.02. The van der Waals surface area contributed by atoms with Crippen molar-refractivity contribution < 1.29 is 14.6 Å². The molecule has 8 nitrogen and oxygen atoms in total. The Bertz CT molecular complexity index is 312. The molecule has 0 aliphatic heterocycles. The van der Waals surface area contributed by atoms with Crippen LogP contribution in [-0.2, 0) is 16.6 Å². The molecule has 8 heteroatoms. The molecule has 2 N–H and O–H groups in total. The van der Waals surface area contributed by atoms with Crippen LogP contribution in [0.3, 0.4) is 0 Å². The fourth-order valence-electron chi connectivity index (χ4n) is 0.849. The number of nitrogens with zero attached hydrogens (tertiary/aromatic N) is 4. The molecule has 0 amide bonds. The zero-order valence-corrected chi connectivity index (χ0v) is 7.84. The van der Waals surface area contributed by atoms with Crippen molar-refractivity contribution in [2.24, 2.45) is 7.05 Å². The Morgan fingerprint density at radius 2 is 2.50 bits per heavy atom. The van der Waals surface area contributed by atoms with Crippen molar-refractivity contribution in [2.75, 3.05) is 19.0 Å². The molecule has 1 rings (SSSR count). The molecular weight excluding hydrogens is 190 g/mol. The van der Waals surface area contributed by atoms with E-state index in [-0.39, 0.29) is 12.6 Å². The number of aromatic nitrogens is 4. The maximum absolute atomic E-state index is 10.7. The highest BCUT2D eigenvalue weighted by Gasteiger charge is 2.18. The fourth-order valence-corrected chi connectivity index (χ4v) is 0.849. The van der Waals surface area contributed by atoms with Crippen LogP contribution in [0.15, 0.2) is 0 Å². The van der Waals surface area contributed by atoms with Crippen LogP contribution in [0.5, 0.6) is 0 Å². The zero-order chi connectivity index (χ0) is 10.6. The van der Waals surface area contributed by atoms with Gasteiger partial charge in [-0.2, -0.15) is 0 Å². The number of carboxylic acids is 1. The lowest BCUT2D eigenvalue weighted by Crippen LogP contribution is -2.34. The van der Waals surface area contributed by atoms with E-state index in [1.54, 1.807) is 7.05 Å². The predicted molar refractivity (Wildman–Crippen MR) is 45.7 cm³/mol. The lowest BCUT2D eigenvalue weighted by Gasteiger charge is -2.12. The third kappa shape index (κ3) is 2.39. The van der Waals surface area contributed by atoms with E-state index < -0.39 is 12.0 Å². The Kier molecular flexibility index (Phi) is 3.35. The molecule has 1 unspecified atom stereocenters. The summed E-state index contributed by atoms with van der Waals surface area (Å²) in [5.41, 5.74) is 0. The first-order valence-electron chi connectivity index (χ1n) is 3.85. The van der Waals surface area contributed by atoms with Gasteiger partial charge in [-0.15, -0.1) is 0 Å². The van der Waals surface area contributed by atoms with E-state index >= 15 is 0 Å². The van der Waals surface area contributed by atoms with Gasteiger partial charge in [0.15, 0.2) is 6.04 Å². The topological polar surface area (TPSA) is 102 Å². The second-order valence-electron chi connectivity index (χ2n) is 2.62. The van der Waals surface area contributed by atoms with Crippen molar-refractivity contribution in [3.8, 4) is 0 Å². The summed E-state index contributed by atoms with van der Waals surface area (Å²) >= 11 is 0. The SMILES string of the molecule is COCC(Nc1nnnn1C)C(=O)O. The Hall–Kier alpha value is -1.70. The van der Waals surface area contributed by atoms with Gasteiger partial charge in [0.1, 0.15) is 0 Å². The molecule has 78 valence electrons. The predicted octanol–water partition coefficient (Wildman–Crippen LogP) is -1.28. The summed E-state index contributed by atoms with van der Waals surface area (Å²) < 4.78 is 6.07. The Labute approximate surface area is 79.9 Å². The average Bonchev–Trinajstić information content (AvgIpc) is 2.51. The molecule has 0 fully saturated rings. The van der Waals surface area contributed by atoms with Gasteiger partial charge < -0.3 is 15.2 Å². The highest BCUT2D eigenvalue weighted by molar-refractivity contribution is 5.76. The molecule has 1 atom stereocenters. The number of tetrazole rings is 1. The van der Waals surface area contributed by atoms with Crippen LogP contribution in [0.2, 0.25) is 0 Å². The van der Waals surface area contributed by atoms with Crippen LogP contribution in [0.4, 0.5) is 5.95 Å². The zero-order valence-electron chi connectivity index (χ0n) is 7.84. The maximum Gasteiger partial charge on any atom is 0.328 e. The second-order valence-corrected chi connectivity index (χ2v) is 2.62. The van der Waals surface area contributed by atoms with Crippen LogP contribution in [0, 0.1) is 0 Å². The summed E-state index contributed by atoms with van der Waals surface area (Å²) in [7, 11) is 3.03. The van der Waals surface area contributed by atoms with Crippen LogP contribution < -0.4 is 5.32 Å². The molecule has 0 saturated heterocycles. The molecule has 0 radical (unpaired) electrons. The monoisotopic (exact) mass is 201 g/mol. The van der Waals surface area contributed by atoms with E-state index in [9.17, 15) is 4.79 Å². The summed E-state index contributed by atoms with van der Waals surface area (Å²) in [4.78, 5) is 10.7. The minimum Gasteiger partial charge on any atom is -0.480 e. The average molecular weight is 201 g/mol. The van der Waals surface area contributed by atoms with Gasteiger partial charge >= 0.3 is 5.97 Å². The van der Waals surface area contributed by atoms with E-state index in [1.807, 2.05) is 0 Å². The van der Waals surface area contributed by atoms with Gasteiger partial charge in [0.25, 0.3) is 0 Å². The fraction of sp³-hybridized carbons (Fsp3) is 0.667. The lowest BCUT2D eigenvalue weighted by atomic mass is 10.3.